The topological polar surface area (TPSA) is 53.2 Å². The van der Waals surface area contributed by atoms with Crippen molar-refractivity contribution in [3.8, 4) is 0 Å². The van der Waals surface area contributed by atoms with E-state index < -0.39 is 0 Å². The van der Waals surface area contributed by atoms with E-state index in [4.69, 9.17) is 0 Å². The first-order chi connectivity index (χ1) is 8.76. The Balaban J connectivity index is 1.75. The molecule has 2 aliphatic rings. The fourth-order valence-corrected chi connectivity index (χ4v) is 3.41. The van der Waals surface area contributed by atoms with Gasteiger partial charge in [-0.05, 0) is 65.8 Å². The Morgan fingerprint density at radius 3 is 2.26 bits per heavy atom. The van der Waals surface area contributed by atoms with Crippen LogP contribution >= 0.6 is 0 Å². The summed E-state index contributed by atoms with van der Waals surface area (Å²) in [5.41, 5.74) is 0.169. The molecule has 1 saturated carbocycles. The third-order valence-corrected chi connectivity index (χ3v) is 3.97. The molecule has 1 saturated heterocycles. The highest BCUT2D eigenvalue weighted by Gasteiger charge is 2.38. The van der Waals surface area contributed by atoms with Crippen molar-refractivity contribution in [1.29, 1.82) is 0 Å². The van der Waals surface area contributed by atoms with Crippen LogP contribution in [0.5, 0.6) is 0 Å². The van der Waals surface area contributed by atoms with Gasteiger partial charge in [0.1, 0.15) is 0 Å². The fraction of sp³-hybridized carbons (Fsp3) is 0.933. The summed E-state index contributed by atoms with van der Waals surface area (Å²) in [6.45, 7) is 10.3. The van der Waals surface area contributed by atoms with Gasteiger partial charge in [-0.1, -0.05) is 0 Å². The van der Waals surface area contributed by atoms with Crippen LogP contribution in [-0.4, -0.2) is 36.1 Å². The van der Waals surface area contributed by atoms with Gasteiger partial charge in [-0.25, -0.2) is 0 Å². The summed E-state index contributed by atoms with van der Waals surface area (Å²) in [5, 5.41) is 10.1. The van der Waals surface area contributed by atoms with Crippen LogP contribution in [0.15, 0.2) is 0 Å². The van der Waals surface area contributed by atoms with Crippen molar-refractivity contribution in [1.82, 2.24) is 16.0 Å². The highest BCUT2D eigenvalue weighted by molar-refractivity contribution is 5.78. The molecule has 0 unspecified atom stereocenters. The molecule has 2 rings (SSSR count). The summed E-state index contributed by atoms with van der Waals surface area (Å²) in [6.07, 6.45) is 4.63. The average Bonchev–Trinajstić information content (AvgIpc) is 2.95. The molecule has 0 aromatic carbocycles. The molecule has 0 bridgehead atoms. The van der Waals surface area contributed by atoms with Crippen LogP contribution in [0.25, 0.3) is 0 Å². The predicted molar refractivity (Wildman–Crippen MR) is 78.1 cm³/mol. The lowest BCUT2D eigenvalue weighted by atomic mass is 9.79. The Morgan fingerprint density at radius 2 is 1.74 bits per heavy atom. The first kappa shape index (κ1) is 14.8. The number of nitrogens with one attached hydrogen (secondary N) is 3. The second-order valence-electron chi connectivity index (χ2n) is 7.64. The van der Waals surface area contributed by atoms with E-state index in [9.17, 15) is 4.79 Å². The molecule has 0 aromatic heterocycles. The molecular formula is C15H29N3O. The molecule has 0 atom stereocenters. The van der Waals surface area contributed by atoms with Gasteiger partial charge in [0.15, 0.2) is 0 Å². The van der Waals surface area contributed by atoms with Gasteiger partial charge in [-0.2, -0.15) is 0 Å². The van der Waals surface area contributed by atoms with Crippen molar-refractivity contribution in [2.45, 2.75) is 70.5 Å². The molecular weight excluding hydrogens is 238 g/mol. The molecule has 110 valence electrons. The Bertz CT molecular complexity index is 318. The van der Waals surface area contributed by atoms with Gasteiger partial charge in [0.2, 0.25) is 5.91 Å². The predicted octanol–water partition coefficient (Wildman–Crippen LogP) is 1.41. The number of carbonyl (C=O) groups is 1. The summed E-state index contributed by atoms with van der Waals surface area (Å²) >= 11 is 0. The van der Waals surface area contributed by atoms with E-state index in [1.54, 1.807) is 0 Å². The molecule has 0 spiro atoms. The van der Waals surface area contributed by atoms with E-state index in [-0.39, 0.29) is 23.0 Å². The lowest BCUT2D eigenvalue weighted by Crippen LogP contribution is -2.62. The Hall–Kier alpha value is -0.610. The molecule has 4 nitrogen and oxygen atoms in total. The van der Waals surface area contributed by atoms with E-state index in [0.717, 1.165) is 25.3 Å². The van der Waals surface area contributed by atoms with E-state index in [0.29, 0.717) is 6.54 Å². The molecule has 19 heavy (non-hydrogen) atoms. The maximum atomic E-state index is 11.9. The summed E-state index contributed by atoms with van der Waals surface area (Å²) in [6, 6.07) is 0.279. The van der Waals surface area contributed by atoms with Crippen molar-refractivity contribution in [3.63, 3.8) is 0 Å². The zero-order valence-corrected chi connectivity index (χ0v) is 12.8. The molecule has 4 heteroatoms. The van der Waals surface area contributed by atoms with Crippen molar-refractivity contribution in [2.24, 2.45) is 5.92 Å². The van der Waals surface area contributed by atoms with Crippen LogP contribution in [0, 0.1) is 5.92 Å². The highest BCUT2D eigenvalue weighted by atomic mass is 16.2. The average molecular weight is 267 g/mol. The molecule has 0 aromatic rings. The van der Waals surface area contributed by atoms with E-state index >= 15 is 0 Å². The minimum absolute atomic E-state index is 0.0845. The van der Waals surface area contributed by atoms with Crippen molar-refractivity contribution in [2.75, 3.05) is 13.1 Å². The Morgan fingerprint density at radius 1 is 1.16 bits per heavy atom. The van der Waals surface area contributed by atoms with Crippen molar-refractivity contribution in [3.05, 3.63) is 0 Å². The van der Waals surface area contributed by atoms with E-state index in [2.05, 4.69) is 43.6 Å². The molecule has 1 amide bonds. The number of rotatable bonds is 5. The number of carbonyl (C=O) groups excluding carboxylic acids is 1. The maximum absolute atomic E-state index is 11.9. The molecule has 3 N–H and O–H groups in total. The zero-order valence-electron chi connectivity index (χ0n) is 12.8. The second-order valence-corrected chi connectivity index (χ2v) is 7.64. The Labute approximate surface area is 117 Å². The summed E-state index contributed by atoms with van der Waals surface area (Å²) in [7, 11) is 0. The molecule has 0 radical (unpaired) electrons. The van der Waals surface area contributed by atoms with Crippen molar-refractivity contribution >= 4 is 5.91 Å². The van der Waals surface area contributed by atoms with Crippen molar-refractivity contribution < 1.29 is 4.79 Å². The minimum atomic E-state index is 0.0845. The monoisotopic (exact) mass is 267 g/mol. The molecule has 1 aliphatic carbocycles. The van der Waals surface area contributed by atoms with Gasteiger partial charge >= 0.3 is 0 Å². The standard InChI is InChI=1S/C15H29N3O/c1-14(2)7-12(8-15(3,4)18-14)17-13(19)10-16-9-11-5-6-11/h11-12,16,18H,5-10H2,1-4H3,(H,17,19). The minimum Gasteiger partial charge on any atom is -0.352 e. The lowest BCUT2D eigenvalue weighted by Gasteiger charge is -2.46. The highest BCUT2D eigenvalue weighted by Crippen LogP contribution is 2.28. The second kappa shape index (κ2) is 5.41. The van der Waals surface area contributed by atoms with Gasteiger partial charge in [0, 0.05) is 17.1 Å². The van der Waals surface area contributed by atoms with Crippen LogP contribution in [0.1, 0.15) is 53.4 Å². The van der Waals surface area contributed by atoms with Gasteiger partial charge in [-0.15, -0.1) is 0 Å². The number of piperidine rings is 1. The van der Waals surface area contributed by atoms with E-state index in [1.165, 1.54) is 12.8 Å². The van der Waals surface area contributed by atoms with Gasteiger partial charge in [0.25, 0.3) is 0 Å². The van der Waals surface area contributed by atoms with E-state index in [1.807, 2.05) is 0 Å². The summed E-state index contributed by atoms with van der Waals surface area (Å²) in [4.78, 5) is 11.9. The maximum Gasteiger partial charge on any atom is 0.234 e. The van der Waals surface area contributed by atoms with Gasteiger partial charge in [0.05, 0.1) is 6.54 Å². The summed E-state index contributed by atoms with van der Waals surface area (Å²) < 4.78 is 0. The quantitative estimate of drug-likeness (QED) is 0.706. The number of hydrogen-bond donors (Lipinski definition) is 3. The largest absolute Gasteiger partial charge is 0.352 e. The lowest BCUT2D eigenvalue weighted by molar-refractivity contribution is -0.121. The number of hydrogen-bond acceptors (Lipinski definition) is 3. The summed E-state index contributed by atoms with van der Waals surface area (Å²) in [5.74, 6) is 0.962. The fourth-order valence-electron chi connectivity index (χ4n) is 3.41. The van der Waals surface area contributed by atoms with Crippen LogP contribution in [-0.2, 0) is 4.79 Å². The third-order valence-electron chi connectivity index (χ3n) is 3.97. The smallest absolute Gasteiger partial charge is 0.234 e. The van der Waals surface area contributed by atoms with Crippen LogP contribution in [0.2, 0.25) is 0 Å². The normalized spacial score (nSPS) is 26.1. The first-order valence-electron chi connectivity index (χ1n) is 7.55. The van der Waals surface area contributed by atoms with Gasteiger partial charge < -0.3 is 16.0 Å². The van der Waals surface area contributed by atoms with Crippen LogP contribution < -0.4 is 16.0 Å². The first-order valence-corrected chi connectivity index (χ1v) is 7.55. The van der Waals surface area contributed by atoms with Gasteiger partial charge in [-0.3, -0.25) is 4.79 Å². The zero-order chi connectivity index (χ0) is 14.1. The van der Waals surface area contributed by atoms with Crippen LogP contribution in [0.4, 0.5) is 0 Å². The molecule has 1 heterocycles. The SMILES string of the molecule is CC1(C)CC(NC(=O)CNCC2CC2)CC(C)(C)N1. The molecule has 2 fully saturated rings. The Kier molecular flexibility index (Phi) is 4.21. The van der Waals surface area contributed by atoms with Crippen LogP contribution in [0.3, 0.4) is 0 Å². The third kappa shape index (κ3) is 5.11. The number of amides is 1. The molecule has 1 aliphatic heterocycles.